The van der Waals surface area contributed by atoms with E-state index >= 15 is 0 Å². The Morgan fingerprint density at radius 1 is 0.774 bits per heavy atom. The smallest absolute Gasteiger partial charge is 0.388 e. The lowest BCUT2D eigenvalue weighted by Crippen LogP contribution is -2.25. The van der Waals surface area contributed by atoms with Gasteiger partial charge in [-0.05, 0) is 51.4 Å². The molecule has 0 radical (unpaired) electrons. The quantitative estimate of drug-likeness (QED) is 0.0880. The van der Waals surface area contributed by atoms with E-state index in [1.165, 1.54) is 25.7 Å². The highest BCUT2D eigenvalue weighted by atomic mass is 31.2. The summed E-state index contributed by atoms with van der Waals surface area (Å²) in [5.41, 5.74) is 0. The molecule has 0 aromatic heterocycles. The summed E-state index contributed by atoms with van der Waals surface area (Å²) in [6, 6.07) is 0. The number of unbranched alkanes of at least 4 members (excludes halogenated alkanes) is 4. The van der Waals surface area contributed by atoms with Gasteiger partial charge in [0.2, 0.25) is 0 Å². The van der Waals surface area contributed by atoms with Gasteiger partial charge in [-0.1, -0.05) is 68.4 Å². The minimum absolute atomic E-state index is 0.258. The van der Waals surface area contributed by atoms with Crippen molar-refractivity contribution < 1.29 is 33.8 Å². The number of hydrogen-bond donors (Lipinski definition) is 4. The molecule has 0 saturated carbocycles. The standard InChI is InChI=1S/C23H41O7P/c1-2-3-4-5-6-7-8-9-10-11-12-13-14-15-16-17-18-19-23(25)29-20-22(24)21-30-31(26,27)28/h6-7,9-10,12-13,15-16,22-25H,2-5,8,11,14,17-21H2,1H3,(H2,26,27,28)/t22?,23-/m0/s1. The van der Waals surface area contributed by atoms with Gasteiger partial charge >= 0.3 is 7.82 Å². The van der Waals surface area contributed by atoms with Crippen molar-refractivity contribution >= 4 is 7.82 Å². The predicted molar refractivity (Wildman–Crippen MR) is 124 cm³/mol. The Labute approximate surface area is 187 Å². The van der Waals surface area contributed by atoms with Gasteiger partial charge in [-0.2, -0.15) is 0 Å². The Kier molecular flexibility index (Phi) is 20.1. The van der Waals surface area contributed by atoms with E-state index in [2.05, 4.69) is 60.1 Å². The highest BCUT2D eigenvalue weighted by Gasteiger charge is 2.17. The average molecular weight is 461 g/mol. The molecule has 1 unspecified atom stereocenters. The average Bonchev–Trinajstić information content (AvgIpc) is 2.72. The van der Waals surface area contributed by atoms with Crippen LogP contribution in [0.5, 0.6) is 0 Å². The van der Waals surface area contributed by atoms with Crippen molar-refractivity contribution in [1.82, 2.24) is 0 Å². The van der Waals surface area contributed by atoms with Crippen LogP contribution in [-0.2, 0) is 13.8 Å². The van der Waals surface area contributed by atoms with E-state index in [0.29, 0.717) is 6.42 Å². The third-order valence-corrected chi connectivity index (χ3v) is 4.68. The third kappa shape index (κ3) is 25.1. The first-order valence-corrected chi connectivity index (χ1v) is 12.7. The molecule has 0 aliphatic heterocycles. The van der Waals surface area contributed by atoms with Crippen LogP contribution in [0.2, 0.25) is 0 Å². The van der Waals surface area contributed by atoms with E-state index in [4.69, 9.17) is 14.5 Å². The van der Waals surface area contributed by atoms with Crippen molar-refractivity contribution in [2.75, 3.05) is 13.2 Å². The molecule has 0 saturated heterocycles. The van der Waals surface area contributed by atoms with Crippen molar-refractivity contribution in [2.45, 2.75) is 83.5 Å². The van der Waals surface area contributed by atoms with Crippen molar-refractivity contribution in [1.29, 1.82) is 0 Å². The summed E-state index contributed by atoms with van der Waals surface area (Å²) in [6.07, 6.45) is 24.8. The SMILES string of the molecule is CCCCCC=CCC=CCC=CCC=CCCC[C@@H](O)OCC(O)COP(=O)(O)O. The number of aliphatic hydroxyl groups is 2. The second kappa shape index (κ2) is 20.8. The normalized spacial score (nSPS) is 15.1. The molecule has 2 atom stereocenters. The molecule has 0 aliphatic carbocycles. The molecule has 0 fully saturated rings. The molecule has 0 rings (SSSR count). The van der Waals surface area contributed by atoms with Crippen molar-refractivity contribution in [3.8, 4) is 0 Å². The highest BCUT2D eigenvalue weighted by Crippen LogP contribution is 2.35. The molecule has 0 aliphatic rings. The van der Waals surface area contributed by atoms with Crippen LogP contribution in [0.4, 0.5) is 0 Å². The molecular weight excluding hydrogens is 419 g/mol. The molecule has 0 aromatic rings. The highest BCUT2D eigenvalue weighted by molar-refractivity contribution is 7.46. The van der Waals surface area contributed by atoms with E-state index in [1.807, 2.05) is 0 Å². The Hall–Kier alpha value is -1.05. The largest absolute Gasteiger partial charge is 0.469 e. The number of phosphoric ester groups is 1. The first kappa shape index (κ1) is 29.9. The molecule has 0 spiro atoms. The lowest BCUT2D eigenvalue weighted by molar-refractivity contribution is -0.129. The Morgan fingerprint density at radius 2 is 1.29 bits per heavy atom. The first-order valence-electron chi connectivity index (χ1n) is 11.1. The van der Waals surface area contributed by atoms with Crippen LogP contribution in [-0.4, -0.2) is 45.6 Å². The molecule has 180 valence electrons. The summed E-state index contributed by atoms with van der Waals surface area (Å²) < 4.78 is 19.7. The van der Waals surface area contributed by atoms with Crippen LogP contribution >= 0.6 is 7.82 Å². The number of aliphatic hydroxyl groups excluding tert-OH is 2. The van der Waals surface area contributed by atoms with Crippen molar-refractivity contribution in [3.63, 3.8) is 0 Å². The van der Waals surface area contributed by atoms with E-state index in [0.717, 1.165) is 32.1 Å². The maximum atomic E-state index is 10.5. The van der Waals surface area contributed by atoms with Crippen molar-refractivity contribution in [3.05, 3.63) is 48.6 Å². The van der Waals surface area contributed by atoms with Crippen molar-refractivity contribution in [2.24, 2.45) is 0 Å². The minimum Gasteiger partial charge on any atom is -0.388 e. The van der Waals surface area contributed by atoms with E-state index in [1.54, 1.807) is 0 Å². The van der Waals surface area contributed by atoms with Crippen LogP contribution < -0.4 is 0 Å². The number of phosphoric acid groups is 1. The molecule has 0 heterocycles. The number of hydrogen-bond acceptors (Lipinski definition) is 5. The molecular formula is C23H41O7P. The zero-order valence-corrected chi connectivity index (χ0v) is 19.6. The predicted octanol–water partition coefficient (Wildman–Crippen LogP) is 4.94. The number of ether oxygens (including phenoxy) is 1. The van der Waals surface area contributed by atoms with Gasteiger partial charge < -0.3 is 24.7 Å². The van der Waals surface area contributed by atoms with Gasteiger partial charge in [-0.3, -0.25) is 4.52 Å². The lowest BCUT2D eigenvalue weighted by Gasteiger charge is -2.15. The molecule has 4 N–H and O–H groups in total. The van der Waals surface area contributed by atoms with Crippen LogP contribution in [0.3, 0.4) is 0 Å². The molecule has 8 heteroatoms. The minimum atomic E-state index is -4.61. The van der Waals surface area contributed by atoms with Gasteiger partial charge in [0.05, 0.1) is 13.2 Å². The Balaban J connectivity index is 3.59. The maximum Gasteiger partial charge on any atom is 0.469 e. The van der Waals surface area contributed by atoms with Crippen LogP contribution in [0.15, 0.2) is 48.6 Å². The second-order valence-electron chi connectivity index (χ2n) is 7.25. The van der Waals surface area contributed by atoms with Crippen LogP contribution in [0, 0.1) is 0 Å². The second-order valence-corrected chi connectivity index (χ2v) is 8.49. The maximum absolute atomic E-state index is 10.5. The summed E-state index contributed by atoms with van der Waals surface area (Å²) in [7, 11) is -4.61. The van der Waals surface area contributed by atoms with Crippen LogP contribution in [0.25, 0.3) is 0 Å². The molecule has 31 heavy (non-hydrogen) atoms. The summed E-state index contributed by atoms with van der Waals surface area (Å²) in [6.45, 7) is 1.40. The van der Waals surface area contributed by atoms with E-state index < -0.39 is 26.8 Å². The fourth-order valence-corrected chi connectivity index (χ4v) is 2.87. The van der Waals surface area contributed by atoms with Gasteiger partial charge in [0.15, 0.2) is 6.29 Å². The number of rotatable bonds is 20. The van der Waals surface area contributed by atoms with Gasteiger partial charge in [0, 0.05) is 0 Å². The third-order valence-electron chi connectivity index (χ3n) is 4.20. The monoisotopic (exact) mass is 460 g/mol. The topological polar surface area (TPSA) is 116 Å². The summed E-state index contributed by atoms with van der Waals surface area (Å²) in [4.78, 5) is 17.1. The number of allylic oxidation sites excluding steroid dienone is 8. The van der Waals surface area contributed by atoms with Gasteiger partial charge in [0.25, 0.3) is 0 Å². The summed E-state index contributed by atoms with van der Waals surface area (Å²) in [5, 5.41) is 19.1. The lowest BCUT2D eigenvalue weighted by atomic mass is 10.2. The van der Waals surface area contributed by atoms with Crippen LogP contribution in [0.1, 0.15) is 71.1 Å². The summed E-state index contributed by atoms with van der Waals surface area (Å²) in [5.74, 6) is 0. The fraction of sp³-hybridized carbons (Fsp3) is 0.652. The van der Waals surface area contributed by atoms with E-state index in [-0.39, 0.29) is 6.61 Å². The van der Waals surface area contributed by atoms with Gasteiger partial charge in [-0.15, -0.1) is 0 Å². The fourth-order valence-electron chi connectivity index (χ4n) is 2.51. The molecule has 0 aromatic carbocycles. The zero-order valence-electron chi connectivity index (χ0n) is 18.7. The Bertz CT molecular complexity index is 566. The van der Waals surface area contributed by atoms with E-state index in [9.17, 15) is 14.8 Å². The van der Waals surface area contributed by atoms with Gasteiger partial charge in [0.1, 0.15) is 6.10 Å². The molecule has 0 amide bonds. The Morgan fingerprint density at radius 3 is 1.81 bits per heavy atom. The molecule has 0 bridgehead atoms. The molecule has 7 nitrogen and oxygen atoms in total. The summed E-state index contributed by atoms with van der Waals surface area (Å²) >= 11 is 0. The first-order chi connectivity index (χ1) is 14.8. The van der Waals surface area contributed by atoms with Gasteiger partial charge in [-0.25, -0.2) is 4.57 Å². The zero-order chi connectivity index (χ0) is 23.2.